The van der Waals surface area contributed by atoms with Crippen LogP contribution in [0.15, 0.2) is 91.0 Å². The molecule has 0 aromatic heterocycles. The number of benzene rings is 3. The number of hydrogen-bond acceptors (Lipinski definition) is 2. The van der Waals surface area contributed by atoms with E-state index in [1.165, 1.54) is 15.9 Å². The Kier molecular flexibility index (Phi) is 7.92. The maximum atomic E-state index is 12.6. The molecule has 0 bridgehead atoms. The van der Waals surface area contributed by atoms with Crippen molar-refractivity contribution in [2.24, 2.45) is 5.92 Å². The second-order valence-electron chi connectivity index (χ2n) is 10.6. The average Bonchev–Trinajstić information content (AvgIpc) is 2.88. The molecule has 0 atom stereocenters. The van der Waals surface area contributed by atoms with Crippen LogP contribution in [0.3, 0.4) is 0 Å². The molecule has 1 aliphatic heterocycles. The molecule has 1 aliphatic rings. The van der Waals surface area contributed by atoms with E-state index in [9.17, 15) is 4.79 Å². The summed E-state index contributed by atoms with van der Waals surface area (Å²) in [5.41, 5.74) is -0.451. The molecule has 3 aromatic carbocycles. The summed E-state index contributed by atoms with van der Waals surface area (Å²) in [5.74, 6) is 0.598. The Bertz CT molecular complexity index is 1010. The van der Waals surface area contributed by atoms with Gasteiger partial charge in [-0.05, 0) is 0 Å². The van der Waals surface area contributed by atoms with Gasteiger partial charge in [0.05, 0.1) is 0 Å². The summed E-state index contributed by atoms with van der Waals surface area (Å²) < 4.78 is 2.88. The number of nitrogens with zero attached hydrogens (tertiary/aromatic N) is 1. The monoisotopic (exact) mass is 601 g/mol. The molecule has 4 rings (SSSR count). The van der Waals surface area contributed by atoms with Crippen LogP contribution >= 0.6 is 26.3 Å². The molecule has 1 amide bonds. The molecule has 1 saturated heterocycles. The van der Waals surface area contributed by atoms with Crippen molar-refractivity contribution in [3.8, 4) is 0 Å². The molecule has 3 aromatic rings. The van der Waals surface area contributed by atoms with Crippen molar-refractivity contribution in [3.63, 3.8) is 0 Å². The van der Waals surface area contributed by atoms with Gasteiger partial charge in [-0.1, -0.05) is 0 Å². The normalized spacial score (nSPS) is 16.3. The number of likely N-dealkylation sites (tertiary alicyclic amines) is 1. The summed E-state index contributed by atoms with van der Waals surface area (Å²) in [7, 11) is 0. The van der Waals surface area contributed by atoms with E-state index in [0.717, 1.165) is 38.5 Å². The Balaban J connectivity index is 1.63. The number of hydrogen-bond donors (Lipinski definition) is 0. The number of halogens is 1. The fourth-order valence-electron chi connectivity index (χ4n) is 5.21. The zero-order valence-corrected chi connectivity index (χ0v) is 24.1. The molecule has 186 valence electrons. The van der Waals surface area contributed by atoms with Crippen LogP contribution in [0.2, 0.25) is 0 Å². The summed E-state index contributed by atoms with van der Waals surface area (Å²) in [6.07, 6.45) is 4.13. The van der Waals surface area contributed by atoms with Crippen molar-refractivity contribution in [2.75, 3.05) is 19.3 Å². The van der Waals surface area contributed by atoms with E-state index in [0.29, 0.717) is 5.92 Å². The van der Waals surface area contributed by atoms with E-state index in [4.69, 9.17) is 4.74 Å². The van der Waals surface area contributed by atoms with E-state index in [-0.39, 0.29) is 6.09 Å². The molecular formula is C30H37INO2P. The van der Waals surface area contributed by atoms with Crippen molar-refractivity contribution in [2.45, 2.75) is 45.6 Å². The number of amides is 1. The molecular weight excluding hydrogens is 564 g/mol. The van der Waals surface area contributed by atoms with Crippen LogP contribution in [0, 0.1) is 5.92 Å². The van der Waals surface area contributed by atoms with E-state index < -0.39 is 9.85 Å². The van der Waals surface area contributed by atoms with Crippen LogP contribution in [0.5, 0.6) is 0 Å². The molecule has 3 nitrogen and oxygen atoms in total. The predicted octanol–water partition coefficient (Wildman–Crippen LogP) is 6.90. The standard InChI is InChI=1S/C30H37INO2P/c1-30(2,3)34-29(33)32-22-19-25(20-23-32)21-24-35(31,26-13-7-4-8-14-26,27-15-9-5-10-16-27)28-17-11-6-12-18-28/h4-18,25H,19-24H2,1-3H3. The molecule has 35 heavy (non-hydrogen) atoms. The van der Waals surface area contributed by atoms with Gasteiger partial charge in [0.1, 0.15) is 0 Å². The quantitative estimate of drug-likeness (QED) is 0.227. The van der Waals surface area contributed by atoms with Gasteiger partial charge in [0.2, 0.25) is 0 Å². The summed E-state index contributed by atoms with van der Waals surface area (Å²) in [6.45, 7) is 7.34. The van der Waals surface area contributed by atoms with Gasteiger partial charge in [0.15, 0.2) is 0 Å². The summed E-state index contributed by atoms with van der Waals surface area (Å²) in [4.78, 5) is 14.4. The number of rotatable bonds is 6. The Labute approximate surface area is 223 Å². The topological polar surface area (TPSA) is 29.5 Å². The van der Waals surface area contributed by atoms with E-state index in [1.807, 2.05) is 25.7 Å². The van der Waals surface area contributed by atoms with Gasteiger partial charge >= 0.3 is 225 Å². The molecule has 5 heteroatoms. The summed E-state index contributed by atoms with van der Waals surface area (Å²) in [5, 5.41) is 4.30. The molecule has 0 saturated carbocycles. The van der Waals surface area contributed by atoms with E-state index in [2.05, 4.69) is 113 Å². The SMILES string of the molecule is CC(C)(C)OC(=O)N1CCC(CCP(I)(c2ccccc2)(c2ccccc2)c2ccccc2)CC1. The van der Waals surface area contributed by atoms with Crippen LogP contribution in [-0.4, -0.2) is 35.8 Å². The Morgan fingerprint density at radius 3 is 1.60 bits per heavy atom. The van der Waals surface area contributed by atoms with Crippen LogP contribution < -0.4 is 15.9 Å². The van der Waals surface area contributed by atoms with Crippen LogP contribution in [-0.2, 0) is 4.74 Å². The molecule has 0 aliphatic carbocycles. The number of carbonyl (C=O) groups is 1. The van der Waals surface area contributed by atoms with Gasteiger partial charge in [0.25, 0.3) is 0 Å². The fourth-order valence-corrected chi connectivity index (χ4v) is 13.8. The minimum atomic E-state index is -2.73. The molecule has 1 heterocycles. The molecule has 1 fully saturated rings. The van der Waals surface area contributed by atoms with Crippen LogP contribution in [0.1, 0.15) is 40.0 Å². The minimum absolute atomic E-state index is 0.178. The number of ether oxygens (including phenoxy) is 1. The first-order chi connectivity index (χ1) is 16.7. The van der Waals surface area contributed by atoms with Crippen molar-refractivity contribution >= 4 is 48.3 Å². The summed E-state index contributed by atoms with van der Waals surface area (Å²) >= 11 is 2.88. The van der Waals surface area contributed by atoms with E-state index >= 15 is 0 Å². The molecule has 0 radical (unpaired) electrons. The zero-order valence-electron chi connectivity index (χ0n) is 21.1. The third-order valence-electron chi connectivity index (χ3n) is 7.11. The third-order valence-corrected chi connectivity index (χ3v) is 18.8. The first-order valence-corrected chi connectivity index (χ1v) is 17.8. The van der Waals surface area contributed by atoms with Crippen molar-refractivity contribution in [3.05, 3.63) is 91.0 Å². The molecule has 0 unspecified atom stereocenters. The summed E-state index contributed by atoms with van der Waals surface area (Å²) in [6, 6.07) is 33.4. The van der Waals surface area contributed by atoms with Crippen molar-refractivity contribution < 1.29 is 9.53 Å². The average molecular weight is 602 g/mol. The molecule has 0 N–H and O–H groups in total. The van der Waals surface area contributed by atoms with Crippen molar-refractivity contribution in [1.82, 2.24) is 4.90 Å². The van der Waals surface area contributed by atoms with Gasteiger partial charge in [-0.2, -0.15) is 0 Å². The maximum absolute atomic E-state index is 12.6. The van der Waals surface area contributed by atoms with Gasteiger partial charge in [-0.15, -0.1) is 0 Å². The van der Waals surface area contributed by atoms with Gasteiger partial charge in [-0.3, -0.25) is 0 Å². The van der Waals surface area contributed by atoms with Crippen LogP contribution in [0.4, 0.5) is 4.79 Å². The zero-order chi connectivity index (χ0) is 25.0. The van der Waals surface area contributed by atoms with Gasteiger partial charge < -0.3 is 0 Å². The third kappa shape index (κ3) is 5.59. The first-order valence-electron chi connectivity index (χ1n) is 12.6. The Hall–Kier alpha value is -1.91. The van der Waals surface area contributed by atoms with Crippen molar-refractivity contribution in [1.29, 1.82) is 0 Å². The number of piperidine rings is 1. The fraction of sp³-hybridized carbons (Fsp3) is 0.367. The molecule has 0 spiro atoms. The van der Waals surface area contributed by atoms with Gasteiger partial charge in [-0.25, -0.2) is 0 Å². The first kappa shape index (κ1) is 26.2. The number of carbonyl (C=O) groups excluding carboxylic acids is 1. The van der Waals surface area contributed by atoms with Crippen LogP contribution in [0.25, 0.3) is 0 Å². The second-order valence-corrected chi connectivity index (χ2v) is 21.4. The Morgan fingerprint density at radius 1 is 0.829 bits per heavy atom. The van der Waals surface area contributed by atoms with Gasteiger partial charge in [0, 0.05) is 0 Å². The Morgan fingerprint density at radius 2 is 1.23 bits per heavy atom. The second kappa shape index (κ2) is 10.6. The van der Waals surface area contributed by atoms with E-state index in [1.54, 1.807) is 0 Å². The predicted molar refractivity (Wildman–Crippen MR) is 159 cm³/mol.